The number of hydrogen-bond donors (Lipinski definition) is 1. The minimum atomic E-state index is 0.0889. The minimum Gasteiger partial charge on any atom is -0.491 e. The van der Waals surface area contributed by atoms with Gasteiger partial charge in [-0.15, -0.1) is 0 Å². The molecule has 22 heavy (non-hydrogen) atoms. The van der Waals surface area contributed by atoms with Crippen molar-refractivity contribution in [3.05, 3.63) is 24.3 Å². The number of nitrogens with zero attached hydrogens (tertiary/aromatic N) is 1. The lowest BCUT2D eigenvalue weighted by molar-refractivity contribution is -0.133. The summed E-state index contributed by atoms with van der Waals surface area (Å²) in [6, 6.07) is 7.60. The Balaban J connectivity index is 1.76. The van der Waals surface area contributed by atoms with E-state index in [2.05, 4.69) is 5.32 Å². The smallest absolute Gasteiger partial charge is 0.242 e. The molecule has 0 aromatic heterocycles. The molecule has 1 aliphatic rings. The molecule has 2 rings (SSSR count). The Morgan fingerprint density at radius 2 is 2.14 bits per heavy atom. The van der Waals surface area contributed by atoms with Crippen molar-refractivity contribution in [2.45, 2.75) is 6.92 Å². The fourth-order valence-corrected chi connectivity index (χ4v) is 2.16. The first kappa shape index (κ1) is 16.6. The number of carbonyl (C=O) groups excluding carboxylic acids is 1. The number of morpholine rings is 1. The minimum absolute atomic E-state index is 0.0889. The molecule has 0 atom stereocenters. The zero-order chi connectivity index (χ0) is 15.6. The van der Waals surface area contributed by atoms with E-state index in [0.717, 1.165) is 11.4 Å². The summed E-state index contributed by atoms with van der Waals surface area (Å²) in [5.74, 6) is 0.856. The van der Waals surface area contributed by atoms with E-state index in [1.165, 1.54) is 0 Å². The Bertz CT molecular complexity index is 461. The van der Waals surface area contributed by atoms with Gasteiger partial charge in [0.15, 0.2) is 0 Å². The van der Waals surface area contributed by atoms with Gasteiger partial charge in [0, 0.05) is 31.5 Å². The molecule has 1 heterocycles. The quantitative estimate of drug-likeness (QED) is 0.735. The largest absolute Gasteiger partial charge is 0.491 e. The van der Waals surface area contributed by atoms with Crippen molar-refractivity contribution in [2.24, 2.45) is 0 Å². The van der Waals surface area contributed by atoms with E-state index < -0.39 is 0 Å². The number of carbonyl (C=O) groups is 1. The van der Waals surface area contributed by atoms with Crippen molar-refractivity contribution >= 4 is 11.6 Å². The molecule has 6 nitrogen and oxygen atoms in total. The Kier molecular flexibility index (Phi) is 6.99. The number of amides is 1. The Labute approximate surface area is 131 Å². The number of rotatable bonds is 8. The highest BCUT2D eigenvalue weighted by Gasteiger charge is 2.16. The normalized spacial score (nSPS) is 14.7. The lowest BCUT2D eigenvalue weighted by Crippen LogP contribution is -2.43. The molecule has 0 unspecified atom stereocenters. The van der Waals surface area contributed by atoms with Crippen molar-refractivity contribution in [3.8, 4) is 5.75 Å². The number of ether oxygens (including phenoxy) is 3. The summed E-state index contributed by atoms with van der Waals surface area (Å²) in [6.45, 7) is 6.59. The highest BCUT2D eigenvalue weighted by atomic mass is 16.5. The van der Waals surface area contributed by atoms with Crippen LogP contribution in [0.5, 0.6) is 5.75 Å². The number of nitrogens with one attached hydrogen (secondary N) is 1. The molecule has 0 spiro atoms. The lowest BCUT2D eigenvalue weighted by Gasteiger charge is -2.27. The summed E-state index contributed by atoms with van der Waals surface area (Å²) < 4.78 is 16.1. The highest BCUT2D eigenvalue weighted by molar-refractivity contribution is 5.81. The topological polar surface area (TPSA) is 60.0 Å². The summed E-state index contributed by atoms with van der Waals surface area (Å²) >= 11 is 0. The predicted octanol–water partition coefficient (Wildman–Crippen LogP) is 1.37. The summed E-state index contributed by atoms with van der Waals surface area (Å²) in [5, 5.41) is 3.14. The third kappa shape index (κ3) is 5.54. The van der Waals surface area contributed by atoms with Crippen molar-refractivity contribution in [2.75, 3.05) is 58.0 Å². The molecule has 1 aromatic carbocycles. The monoisotopic (exact) mass is 308 g/mol. The average Bonchev–Trinajstić information content (AvgIpc) is 2.58. The van der Waals surface area contributed by atoms with Crippen LogP contribution in [0.2, 0.25) is 0 Å². The molecule has 1 amide bonds. The molecule has 1 saturated heterocycles. The zero-order valence-corrected chi connectivity index (χ0v) is 13.0. The number of anilines is 1. The van der Waals surface area contributed by atoms with Gasteiger partial charge in [-0.05, 0) is 19.1 Å². The van der Waals surface area contributed by atoms with Crippen LogP contribution >= 0.6 is 0 Å². The first-order chi connectivity index (χ1) is 10.8. The van der Waals surface area contributed by atoms with Gasteiger partial charge >= 0.3 is 0 Å². The molecule has 1 aliphatic heterocycles. The molecule has 0 radical (unpaired) electrons. The van der Waals surface area contributed by atoms with Crippen LogP contribution in [-0.4, -0.2) is 63.5 Å². The van der Waals surface area contributed by atoms with Gasteiger partial charge in [-0.25, -0.2) is 0 Å². The van der Waals surface area contributed by atoms with Gasteiger partial charge in [0.1, 0.15) is 12.4 Å². The van der Waals surface area contributed by atoms with Gasteiger partial charge in [0.25, 0.3) is 0 Å². The third-order valence-electron chi connectivity index (χ3n) is 3.34. The van der Waals surface area contributed by atoms with E-state index in [1.807, 2.05) is 36.1 Å². The maximum absolute atomic E-state index is 12.1. The fraction of sp³-hybridized carbons (Fsp3) is 0.562. The second kappa shape index (κ2) is 9.27. The van der Waals surface area contributed by atoms with Crippen LogP contribution in [0.15, 0.2) is 24.3 Å². The van der Waals surface area contributed by atoms with Crippen LogP contribution in [0.25, 0.3) is 0 Å². The van der Waals surface area contributed by atoms with Crippen LogP contribution in [0.4, 0.5) is 5.69 Å². The maximum atomic E-state index is 12.1. The van der Waals surface area contributed by atoms with E-state index in [1.54, 1.807) is 0 Å². The van der Waals surface area contributed by atoms with Crippen molar-refractivity contribution in [3.63, 3.8) is 0 Å². The first-order valence-corrected chi connectivity index (χ1v) is 7.69. The fourth-order valence-electron chi connectivity index (χ4n) is 2.16. The van der Waals surface area contributed by atoms with E-state index in [0.29, 0.717) is 46.1 Å². The van der Waals surface area contributed by atoms with Gasteiger partial charge < -0.3 is 24.4 Å². The van der Waals surface area contributed by atoms with Gasteiger partial charge in [0.05, 0.1) is 26.4 Å². The molecule has 1 fully saturated rings. The average molecular weight is 308 g/mol. The van der Waals surface area contributed by atoms with E-state index in [4.69, 9.17) is 14.2 Å². The molecule has 0 aliphatic carbocycles. The number of hydrogen-bond acceptors (Lipinski definition) is 5. The van der Waals surface area contributed by atoms with Crippen LogP contribution in [0.3, 0.4) is 0 Å². The summed E-state index contributed by atoms with van der Waals surface area (Å²) in [7, 11) is 0. The molecular weight excluding hydrogens is 284 g/mol. The Hall–Kier alpha value is -1.79. The van der Waals surface area contributed by atoms with Crippen molar-refractivity contribution < 1.29 is 19.0 Å². The molecule has 122 valence electrons. The van der Waals surface area contributed by atoms with Crippen LogP contribution in [0.1, 0.15) is 6.92 Å². The lowest BCUT2D eigenvalue weighted by atomic mass is 10.3. The second-order valence-corrected chi connectivity index (χ2v) is 4.92. The summed E-state index contributed by atoms with van der Waals surface area (Å²) in [5.41, 5.74) is 0.871. The van der Waals surface area contributed by atoms with E-state index >= 15 is 0 Å². The SMILES string of the molecule is CCOCCOc1cccc(NCC(=O)N2CCOCC2)c1. The van der Waals surface area contributed by atoms with Crippen LogP contribution in [0, 0.1) is 0 Å². The van der Waals surface area contributed by atoms with Gasteiger partial charge in [-0.2, -0.15) is 0 Å². The maximum Gasteiger partial charge on any atom is 0.242 e. The third-order valence-corrected chi connectivity index (χ3v) is 3.34. The Morgan fingerprint density at radius 1 is 1.32 bits per heavy atom. The first-order valence-electron chi connectivity index (χ1n) is 7.69. The predicted molar refractivity (Wildman–Crippen MR) is 84.3 cm³/mol. The second-order valence-electron chi connectivity index (χ2n) is 4.92. The summed E-state index contributed by atoms with van der Waals surface area (Å²) in [4.78, 5) is 13.9. The van der Waals surface area contributed by atoms with E-state index in [-0.39, 0.29) is 12.5 Å². The van der Waals surface area contributed by atoms with Crippen molar-refractivity contribution in [1.82, 2.24) is 4.90 Å². The van der Waals surface area contributed by atoms with Gasteiger partial charge in [-0.1, -0.05) is 6.07 Å². The standard InChI is InChI=1S/C16H24N2O4/c1-2-20-10-11-22-15-5-3-4-14(12-15)17-13-16(19)18-6-8-21-9-7-18/h3-5,12,17H,2,6-11,13H2,1H3. The Morgan fingerprint density at radius 3 is 2.91 bits per heavy atom. The molecule has 1 N–H and O–H groups in total. The molecular formula is C16H24N2O4. The number of benzene rings is 1. The van der Waals surface area contributed by atoms with Crippen LogP contribution < -0.4 is 10.1 Å². The van der Waals surface area contributed by atoms with Gasteiger partial charge in [-0.3, -0.25) is 4.79 Å². The summed E-state index contributed by atoms with van der Waals surface area (Å²) in [6.07, 6.45) is 0. The van der Waals surface area contributed by atoms with Gasteiger partial charge in [0.2, 0.25) is 5.91 Å². The van der Waals surface area contributed by atoms with Crippen LogP contribution in [-0.2, 0) is 14.3 Å². The molecule has 0 bridgehead atoms. The van der Waals surface area contributed by atoms with E-state index in [9.17, 15) is 4.79 Å². The van der Waals surface area contributed by atoms with Crippen molar-refractivity contribution in [1.29, 1.82) is 0 Å². The highest BCUT2D eigenvalue weighted by Crippen LogP contribution is 2.17. The molecule has 6 heteroatoms. The molecule has 0 saturated carbocycles. The molecule has 1 aromatic rings. The zero-order valence-electron chi connectivity index (χ0n) is 13.0.